The molecule has 0 bridgehead atoms. The van der Waals surface area contributed by atoms with Crippen LogP contribution in [0.15, 0.2) is 23.8 Å². The molecule has 0 spiro atoms. The summed E-state index contributed by atoms with van der Waals surface area (Å²) in [5.74, 6) is 3.18. The van der Waals surface area contributed by atoms with Crippen molar-refractivity contribution < 1.29 is 15.3 Å². The number of hydrogen-bond acceptors (Lipinski definition) is 3. The third-order valence-corrected chi connectivity index (χ3v) is 10.8. The van der Waals surface area contributed by atoms with Gasteiger partial charge in [-0.05, 0) is 91.4 Å². The zero-order chi connectivity index (χ0) is 22.8. The molecule has 0 aromatic heterocycles. The minimum Gasteiger partial charge on any atom is -0.390 e. The van der Waals surface area contributed by atoms with Gasteiger partial charge in [-0.15, -0.1) is 0 Å². The Kier molecular flexibility index (Phi) is 6.06. The van der Waals surface area contributed by atoms with Crippen LogP contribution in [0.3, 0.4) is 0 Å². The van der Waals surface area contributed by atoms with Crippen LogP contribution in [-0.4, -0.2) is 33.1 Å². The van der Waals surface area contributed by atoms with E-state index in [9.17, 15) is 15.3 Å². The smallest absolute Gasteiger partial charge is 0.0916 e. The van der Waals surface area contributed by atoms with Gasteiger partial charge in [0.1, 0.15) is 0 Å². The molecular weight excluding hydrogens is 384 g/mol. The van der Waals surface area contributed by atoms with Gasteiger partial charge < -0.3 is 15.3 Å². The van der Waals surface area contributed by atoms with Gasteiger partial charge in [-0.1, -0.05) is 59.8 Å². The van der Waals surface area contributed by atoms with E-state index < -0.39 is 17.8 Å². The second kappa shape index (κ2) is 7.99. The quantitative estimate of drug-likeness (QED) is 0.516. The number of allylic oxidation sites excluding steroid dienone is 3. The van der Waals surface area contributed by atoms with Gasteiger partial charge in [-0.3, -0.25) is 0 Å². The SMILES string of the molecule is CC(C)[C@@H](C)/C=C/[C@@H](C)[C@H]1CC[C@H]2C3=CC[C@H]4C[C@H](O)[C@H](O)C[C@]4(C)[C@@]3(O)CC[C@]12C. The van der Waals surface area contributed by atoms with Crippen molar-refractivity contribution in [3.63, 3.8) is 0 Å². The maximum atomic E-state index is 12.2. The van der Waals surface area contributed by atoms with E-state index in [1.165, 1.54) is 18.4 Å². The fourth-order valence-corrected chi connectivity index (χ4v) is 8.09. The number of hydrogen-bond donors (Lipinski definition) is 3. The monoisotopic (exact) mass is 430 g/mol. The summed E-state index contributed by atoms with van der Waals surface area (Å²) in [6.45, 7) is 14.0. The number of fused-ring (bicyclic) bond motifs is 5. The zero-order valence-electron chi connectivity index (χ0n) is 20.6. The minimum absolute atomic E-state index is 0.235. The van der Waals surface area contributed by atoms with Crippen LogP contribution >= 0.6 is 0 Å². The van der Waals surface area contributed by atoms with Crippen LogP contribution in [0.5, 0.6) is 0 Å². The van der Waals surface area contributed by atoms with E-state index in [2.05, 4.69) is 59.8 Å². The first kappa shape index (κ1) is 23.5. The summed E-state index contributed by atoms with van der Waals surface area (Å²) >= 11 is 0. The molecule has 176 valence electrons. The Morgan fingerprint density at radius 1 is 1.00 bits per heavy atom. The fourth-order valence-electron chi connectivity index (χ4n) is 8.09. The van der Waals surface area contributed by atoms with Gasteiger partial charge in [-0.25, -0.2) is 0 Å². The Hall–Kier alpha value is -0.640. The lowest BCUT2D eigenvalue weighted by Crippen LogP contribution is -2.63. The standard InChI is InChI=1S/C28H46O3/c1-17(2)18(3)7-8-19(4)21-11-12-22-23-10-9-20-15-24(29)25(30)16-27(20,6)28(23,31)14-13-26(21,22)5/h7-8,10,17-22,24-25,29-31H,9,11-16H2,1-6H3/b8-7+/t18-,19+,20-,21+,22-,24-,25+,26+,27-,28+/m0/s1. The molecule has 4 rings (SSSR count). The molecule has 3 fully saturated rings. The van der Waals surface area contributed by atoms with Crippen molar-refractivity contribution in [2.24, 2.45) is 46.3 Å². The van der Waals surface area contributed by atoms with E-state index in [1.807, 2.05) is 0 Å². The Bertz CT molecular complexity index is 741. The normalized spacial score (nSPS) is 49.4. The van der Waals surface area contributed by atoms with Gasteiger partial charge in [0.15, 0.2) is 0 Å². The number of aliphatic hydroxyl groups excluding tert-OH is 2. The van der Waals surface area contributed by atoms with Crippen LogP contribution in [0.1, 0.15) is 86.5 Å². The lowest BCUT2D eigenvalue weighted by molar-refractivity contribution is -0.180. The van der Waals surface area contributed by atoms with E-state index in [-0.39, 0.29) is 16.7 Å². The van der Waals surface area contributed by atoms with Crippen molar-refractivity contribution in [3.8, 4) is 0 Å². The van der Waals surface area contributed by atoms with Gasteiger partial charge in [0.05, 0.1) is 17.8 Å². The van der Waals surface area contributed by atoms with Crippen LogP contribution in [-0.2, 0) is 0 Å². The predicted octanol–water partition coefficient (Wildman–Crippen LogP) is 5.50. The van der Waals surface area contributed by atoms with Gasteiger partial charge in [0, 0.05) is 5.41 Å². The van der Waals surface area contributed by atoms with Gasteiger partial charge >= 0.3 is 0 Å². The molecule has 0 amide bonds. The van der Waals surface area contributed by atoms with E-state index in [0.29, 0.717) is 42.4 Å². The van der Waals surface area contributed by atoms with E-state index in [1.54, 1.807) is 0 Å². The summed E-state index contributed by atoms with van der Waals surface area (Å²) in [4.78, 5) is 0. The van der Waals surface area contributed by atoms with Crippen molar-refractivity contribution in [2.75, 3.05) is 0 Å². The number of aliphatic hydroxyl groups is 3. The highest BCUT2D eigenvalue weighted by Crippen LogP contribution is 2.68. The maximum absolute atomic E-state index is 12.2. The van der Waals surface area contributed by atoms with Gasteiger partial charge in [0.25, 0.3) is 0 Å². The summed E-state index contributed by atoms with van der Waals surface area (Å²) in [5, 5.41) is 33.0. The predicted molar refractivity (Wildman–Crippen MR) is 126 cm³/mol. The van der Waals surface area contributed by atoms with E-state index in [4.69, 9.17) is 0 Å². The molecule has 0 radical (unpaired) electrons. The first-order valence-corrected chi connectivity index (χ1v) is 12.9. The van der Waals surface area contributed by atoms with Gasteiger partial charge in [0.2, 0.25) is 0 Å². The average molecular weight is 431 g/mol. The molecule has 3 N–H and O–H groups in total. The maximum Gasteiger partial charge on any atom is 0.0916 e. The van der Waals surface area contributed by atoms with Crippen molar-refractivity contribution >= 4 is 0 Å². The summed E-state index contributed by atoms with van der Waals surface area (Å²) in [6.07, 6.45) is 12.1. The Morgan fingerprint density at radius 2 is 1.71 bits per heavy atom. The number of rotatable bonds is 4. The van der Waals surface area contributed by atoms with Crippen molar-refractivity contribution in [2.45, 2.75) is 104 Å². The lowest BCUT2D eigenvalue weighted by Gasteiger charge is -2.62. The minimum atomic E-state index is -0.832. The lowest BCUT2D eigenvalue weighted by atomic mass is 9.45. The largest absolute Gasteiger partial charge is 0.390 e. The zero-order valence-corrected chi connectivity index (χ0v) is 20.6. The summed E-state index contributed by atoms with van der Waals surface area (Å²) in [6, 6.07) is 0. The van der Waals surface area contributed by atoms with Crippen LogP contribution < -0.4 is 0 Å². The molecular formula is C28H46O3. The molecule has 31 heavy (non-hydrogen) atoms. The highest BCUT2D eigenvalue weighted by Gasteiger charge is 2.65. The summed E-state index contributed by atoms with van der Waals surface area (Å²) in [5.41, 5.74) is 0.339. The molecule has 4 aliphatic carbocycles. The third-order valence-electron chi connectivity index (χ3n) is 10.8. The molecule has 3 nitrogen and oxygen atoms in total. The van der Waals surface area contributed by atoms with Crippen LogP contribution in [0.4, 0.5) is 0 Å². The molecule has 0 unspecified atom stereocenters. The van der Waals surface area contributed by atoms with Gasteiger partial charge in [-0.2, -0.15) is 0 Å². The fraction of sp³-hybridized carbons (Fsp3) is 0.857. The van der Waals surface area contributed by atoms with Crippen molar-refractivity contribution in [3.05, 3.63) is 23.8 Å². The molecule has 0 aromatic carbocycles. The highest BCUT2D eigenvalue weighted by atomic mass is 16.3. The molecule has 0 heterocycles. The average Bonchev–Trinajstić information content (AvgIpc) is 3.05. The second-order valence-electron chi connectivity index (χ2n) is 12.5. The Labute approximate surface area is 190 Å². The van der Waals surface area contributed by atoms with Crippen LogP contribution in [0.25, 0.3) is 0 Å². The molecule has 0 saturated heterocycles. The molecule has 0 aromatic rings. The molecule has 4 aliphatic rings. The second-order valence-corrected chi connectivity index (χ2v) is 12.5. The third kappa shape index (κ3) is 3.49. The first-order valence-electron chi connectivity index (χ1n) is 12.9. The molecule has 3 heteroatoms. The van der Waals surface area contributed by atoms with Crippen molar-refractivity contribution in [1.29, 1.82) is 0 Å². The van der Waals surface area contributed by atoms with E-state index >= 15 is 0 Å². The molecule has 10 atom stereocenters. The Balaban J connectivity index is 1.60. The van der Waals surface area contributed by atoms with Crippen LogP contribution in [0.2, 0.25) is 0 Å². The molecule has 0 aliphatic heterocycles. The van der Waals surface area contributed by atoms with E-state index in [0.717, 1.165) is 19.3 Å². The van der Waals surface area contributed by atoms with Crippen molar-refractivity contribution in [1.82, 2.24) is 0 Å². The molecule has 3 saturated carbocycles. The highest BCUT2D eigenvalue weighted by molar-refractivity contribution is 5.35. The Morgan fingerprint density at radius 3 is 2.39 bits per heavy atom. The summed E-state index contributed by atoms with van der Waals surface area (Å²) in [7, 11) is 0. The summed E-state index contributed by atoms with van der Waals surface area (Å²) < 4.78 is 0. The first-order chi connectivity index (χ1) is 14.4. The van der Waals surface area contributed by atoms with Crippen LogP contribution in [0, 0.1) is 46.3 Å². The topological polar surface area (TPSA) is 60.7 Å².